The predicted molar refractivity (Wildman–Crippen MR) is 130 cm³/mol. The molecule has 4 aromatic rings. The number of benzene rings is 1. The Bertz CT molecular complexity index is 1450. The molecule has 3 heterocycles. The highest BCUT2D eigenvalue weighted by atomic mass is 16.2. The first kappa shape index (κ1) is 22.5. The molecule has 2 amide bonds. The van der Waals surface area contributed by atoms with Gasteiger partial charge < -0.3 is 16.4 Å². The highest BCUT2D eigenvalue weighted by Gasteiger charge is 2.21. The molecule has 0 saturated heterocycles. The highest BCUT2D eigenvalue weighted by molar-refractivity contribution is 6.04. The van der Waals surface area contributed by atoms with Gasteiger partial charge in [-0.3, -0.25) is 14.0 Å². The van der Waals surface area contributed by atoms with Crippen molar-refractivity contribution < 1.29 is 9.59 Å². The number of nitrogens with zero attached hydrogens (tertiary/aromatic N) is 4. The van der Waals surface area contributed by atoms with Gasteiger partial charge in [-0.25, -0.2) is 15.0 Å². The minimum Gasteiger partial charge on any atom is -0.382 e. The first-order valence-corrected chi connectivity index (χ1v) is 10.6. The van der Waals surface area contributed by atoms with Crippen LogP contribution in [0.1, 0.15) is 41.6 Å². The molecule has 0 aliphatic rings. The first-order valence-electron chi connectivity index (χ1n) is 10.6. The molecule has 0 unspecified atom stereocenters. The quantitative estimate of drug-likeness (QED) is 0.399. The third kappa shape index (κ3) is 4.56. The van der Waals surface area contributed by atoms with Crippen molar-refractivity contribution in [2.75, 3.05) is 11.1 Å². The molecule has 9 nitrogen and oxygen atoms in total. The van der Waals surface area contributed by atoms with Crippen molar-refractivity contribution in [3.8, 4) is 23.1 Å². The number of carbonyl (C=O) groups excluding carboxylic acids is 2. The Hall–Kier alpha value is -4.71. The van der Waals surface area contributed by atoms with Gasteiger partial charge >= 0.3 is 0 Å². The molecular weight excluding hydrogens is 430 g/mol. The second-order valence-electron chi connectivity index (χ2n) is 7.67. The summed E-state index contributed by atoms with van der Waals surface area (Å²) in [5.74, 6) is 5.75. The van der Waals surface area contributed by atoms with Gasteiger partial charge in [0.15, 0.2) is 0 Å². The number of aryl methyl sites for hydroxylation is 1. The number of rotatable bonds is 5. The lowest BCUT2D eigenvalue weighted by atomic mass is 10.1. The van der Waals surface area contributed by atoms with Crippen LogP contribution < -0.4 is 16.4 Å². The van der Waals surface area contributed by atoms with Crippen LogP contribution in [0.4, 0.5) is 11.6 Å². The van der Waals surface area contributed by atoms with E-state index in [1.165, 1.54) is 0 Å². The van der Waals surface area contributed by atoms with Gasteiger partial charge in [-0.1, -0.05) is 18.1 Å². The zero-order valence-corrected chi connectivity index (χ0v) is 19.0. The lowest BCUT2D eigenvalue weighted by Gasteiger charge is -2.10. The van der Waals surface area contributed by atoms with E-state index >= 15 is 0 Å². The number of aromatic nitrogens is 4. The van der Waals surface area contributed by atoms with E-state index in [-0.39, 0.29) is 5.91 Å². The molecule has 0 aliphatic carbocycles. The number of amides is 2. The number of nitrogens with two attached hydrogens (primary N) is 1. The van der Waals surface area contributed by atoms with Crippen molar-refractivity contribution >= 4 is 29.0 Å². The van der Waals surface area contributed by atoms with Crippen LogP contribution in [-0.4, -0.2) is 31.2 Å². The van der Waals surface area contributed by atoms with Crippen molar-refractivity contribution in [1.29, 1.82) is 0 Å². The standard InChI is InChI=1S/C25H23N7O2/c1-4-5-20(33)29-16(3)24-31-21(22-23(26)28-12-13-32(22)24)17-6-8-18(9-7-17)25(34)30-19-14-15(2)10-11-27-19/h6-14,16H,1-3H3,(H2,26,28)(H,29,33)(H,27,30,34)/t16-/m0/s1. The van der Waals surface area contributed by atoms with Gasteiger partial charge in [0.2, 0.25) is 0 Å². The smallest absolute Gasteiger partial charge is 0.296 e. The van der Waals surface area contributed by atoms with Crippen LogP contribution in [-0.2, 0) is 4.79 Å². The zero-order valence-electron chi connectivity index (χ0n) is 19.0. The lowest BCUT2D eigenvalue weighted by Crippen LogP contribution is -2.26. The number of hydrogen-bond donors (Lipinski definition) is 3. The van der Waals surface area contributed by atoms with E-state index < -0.39 is 11.9 Å². The van der Waals surface area contributed by atoms with Crippen LogP contribution in [0.5, 0.6) is 0 Å². The Labute approximate surface area is 196 Å². The van der Waals surface area contributed by atoms with E-state index in [0.29, 0.717) is 34.2 Å². The predicted octanol–water partition coefficient (Wildman–Crippen LogP) is 3.13. The number of imidazole rings is 1. The maximum absolute atomic E-state index is 12.6. The van der Waals surface area contributed by atoms with Crippen molar-refractivity contribution in [3.63, 3.8) is 0 Å². The van der Waals surface area contributed by atoms with Crippen LogP contribution in [0.2, 0.25) is 0 Å². The summed E-state index contributed by atoms with van der Waals surface area (Å²) in [4.78, 5) is 37.7. The Morgan fingerprint density at radius 3 is 2.59 bits per heavy atom. The van der Waals surface area contributed by atoms with E-state index in [1.54, 1.807) is 60.2 Å². The number of hydrogen-bond acceptors (Lipinski definition) is 6. The van der Waals surface area contributed by atoms with Crippen molar-refractivity contribution in [2.24, 2.45) is 0 Å². The van der Waals surface area contributed by atoms with E-state index in [0.717, 1.165) is 11.1 Å². The maximum Gasteiger partial charge on any atom is 0.296 e. The Morgan fingerprint density at radius 1 is 1.12 bits per heavy atom. The minimum atomic E-state index is -0.428. The summed E-state index contributed by atoms with van der Waals surface area (Å²) in [5, 5.41) is 5.60. The fourth-order valence-electron chi connectivity index (χ4n) is 3.58. The average Bonchev–Trinajstić information content (AvgIpc) is 3.20. The second kappa shape index (κ2) is 9.42. The van der Waals surface area contributed by atoms with E-state index in [2.05, 4.69) is 32.4 Å². The third-order valence-electron chi connectivity index (χ3n) is 5.16. The number of nitrogens with one attached hydrogen (secondary N) is 2. The van der Waals surface area contributed by atoms with Gasteiger partial charge in [0.1, 0.15) is 28.7 Å². The molecule has 9 heteroatoms. The van der Waals surface area contributed by atoms with E-state index in [9.17, 15) is 9.59 Å². The maximum atomic E-state index is 12.6. The van der Waals surface area contributed by atoms with Crippen LogP contribution in [0.3, 0.4) is 0 Å². The van der Waals surface area contributed by atoms with Crippen molar-refractivity contribution in [1.82, 2.24) is 24.7 Å². The monoisotopic (exact) mass is 453 g/mol. The van der Waals surface area contributed by atoms with E-state index in [1.807, 2.05) is 19.9 Å². The van der Waals surface area contributed by atoms with E-state index in [4.69, 9.17) is 10.7 Å². The lowest BCUT2D eigenvalue weighted by molar-refractivity contribution is -0.116. The van der Waals surface area contributed by atoms with Gasteiger partial charge in [-0.2, -0.15) is 0 Å². The fraction of sp³-hybridized carbons (Fsp3) is 0.160. The van der Waals surface area contributed by atoms with Gasteiger partial charge in [-0.05, 0) is 56.5 Å². The van der Waals surface area contributed by atoms with Crippen molar-refractivity contribution in [2.45, 2.75) is 26.8 Å². The molecule has 0 aliphatic heterocycles. The molecule has 34 heavy (non-hydrogen) atoms. The average molecular weight is 454 g/mol. The first-order chi connectivity index (χ1) is 16.4. The minimum absolute atomic E-state index is 0.269. The van der Waals surface area contributed by atoms with Gasteiger partial charge in [0, 0.05) is 29.7 Å². The fourth-order valence-corrected chi connectivity index (χ4v) is 3.58. The summed E-state index contributed by atoms with van der Waals surface area (Å²) >= 11 is 0. The zero-order chi connectivity index (χ0) is 24.2. The summed E-state index contributed by atoms with van der Waals surface area (Å²) < 4.78 is 1.80. The number of pyridine rings is 1. The summed E-state index contributed by atoms with van der Waals surface area (Å²) in [6.07, 6.45) is 4.96. The van der Waals surface area contributed by atoms with Gasteiger partial charge in [0.25, 0.3) is 11.8 Å². The van der Waals surface area contributed by atoms with Gasteiger partial charge in [-0.15, -0.1) is 0 Å². The van der Waals surface area contributed by atoms with Crippen LogP contribution in [0.15, 0.2) is 55.0 Å². The molecule has 4 rings (SSSR count). The molecule has 170 valence electrons. The summed E-state index contributed by atoms with van der Waals surface area (Å²) in [6.45, 7) is 5.35. The number of anilines is 2. The molecule has 1 aromatic carbocycles. The molecule has 3 aromatic heterocycles. The second-order valence-corrected chi connectivity index (χ2v) is 7.67. The Morgan fingerprint density at radius 2 is 1.88 bits per heavy atom. The largest absolute Gasteiger partial charge is 0.382 e. The molecule has 0 radical (unpaired) electrons. The molecule has 0 bridgehead atoms. The van der Waals surface area contributed by atoms with Crippen LogP contribution in [0.25, 0.3) is 16.8 Å². The SMILES string of the molecule is CC#CC(=O)N[C@@H](C)c1nc(-c2ccc(C(=O)Nc3cc(C)ccn3)cc2)c2c(N)nccn12. The number of fused-ring (bicyclic) bond motifs is 1. The molecule has 0 spiro atoms. The number of nitrogen functional groups attached to an aromatic ring is 1. The Kier molecular flexibility index (Phi) is 6.23. The third-order valence-corrected chi connectivity index (χ3v) is 5.16. The molecule has 0 fully saturated rings. The van der Waals surface area contributed by atoms with Crippen molar-refractivity contribution in [3.05, 3.63) is 71.9 Å². The van der Waals surface area contributed by atoms with Crippen LogP contribution >= 0.6 is 0 Å². The molecule has 0 saturated carbocycles. The van der Waals surface area contributed by atoms with Crippen LogP contribution in [0, 0.1) is 18.8 Å². The van der Waals surface area contributed by atoms with Gasteiger partial charge in [0.05, 0.1) is 6.04 Å². The normalized spacial score (nSPS) is 11.4. The Balaban J connectivity index is 1.66. The summed E-state index contributed by atoms with van der Waals surface area (Å²) in [7, 11) is 0. The highest BCUT2D eigenvalue weighted by Crippen LogP contribution is 2.30. The summed E-state index contributed by atoms with van der Waals surface area (Å²) in [6, 6.07) is 10.2. The molecular formula is C25H23N7O2. The topological polar surface area (TPSA) is 127 Å². The summed E-state index contributed by atoms with van der Waals surface area (Å²) in [5.41, 5.74) is 9.61. The molecule has 4 N–H and O–H groups in total. The molecule has 1 atom stereocenters. The number of carbonyl (C=O) groups is 2.